The number of benzene rings is 1. The van der Waals surface area contributed by atoms with Crippen LogP contribution in [0.1, 0.15) is 37.7 Å². The summed E-state index contributed by atoms with van der Waals surface area (Å²) in [6, 6.07) is 8.13. The van der Waals surface area contributed by atoms with Gasteiger partial charge in [0.25, 0.3) is 0 Å². The van der Waals surface area contributed by atoms with Crippen LogP contribution in [0.2, 0.25) is 0 Å². The summed E-state index contributed by atoms with van der Waals surface area (Å²) in [6.07, 6.45) is 6.19. The Bertz CT molecular complexity index is 439. The van der Waals surface area contributed by atoms with Gasteiger partial charge in [0.05, 0.1) is 6.61 Å². The zero-order valence-corrected chi connectivity index (χ0v) is 11.7. The van der Waals surface area contributed by atoms with Crippen molar-refractivity contribution in [2.24, 2.45) is 10.9 Å². The highest BCUT2D eigenvalue weighted by molar-refractivity contribution is 5.97. The maximum atomic E-state index is 9.30. The average Bonchev–Trinajstić information content (AvgIpc) is 2.53. The smallest absolute Gasteiger partial charge is 0.170 e. The molecule has 0 amide bonds. The SMILES string of the molecule is NC(=NO)c1ccc(N(CCO)C2CCCCC2)cc1. The third-order valence-corrected chi connectivity index (χ3v) is 3.96. The van der Waals surface area contributed by atoms with Crippen molar-refractivity contribution >= 4 is 11.5 Å². The Morgan fingerprint density at radius 3 is 2.40 bits per heavy atom. The lowest BCUT2D eigenvalue weighted by Gasteiger charge is -2.36. The van der Waals surface area contributed by atoms with Gasteiger partial charge in [0.1, 0.15) is 0 Å². The second kappa shape index (κ2) is 7.14. The standard InChI is InChI=1S/C15H23N3O2/c16-15(17-20)12-6-8-14(9-7-12)18(10-11-19)13-4-2-1-3-5-13/h6-9,13,19-20H,1-5,10-11H2,(H2,16,17). The van der Waals surface area contributed by atoms with Crippen molar-refractivity contribution < 1.29 is 10.3 Å². The van der Waals surface area contributed by atoms with E-state index in [0.29, 0.717) is 18.2 Å². The number of hydrogen-bond acceptors (Lipinski definition) is 4. The lowest BCUT2D eigenvalue weighted by atomic mass is 9.93. The van der Waals surface area contributed by atoms with Crippen molar-refractivity contribution in [2.45, 2.75) is 38.1 Å². The number of rotatable bonds is 5. The Morgan fingerprint density at radius 2 is 1.85 bits per heavy atom. The highest BCUT2D eigenvalue weighted by Gasteiger charge is 2.21. The fraction of sp³-hybridized carbons (Fsp3) is 0.533. The van der Waals surface area contributed by atoms with Gasteiger partial charge in [-0.2, -0.15) is 0 Å². The normalized spacial score (nSPS) is 17.1. The molecule has 1 fully saturated rings. The van der Waals surface area contributed by atoms with Crippen molar-refractivity contribution in [1.29, 1.82) is 0 Å². The molecule has 0 spiro atoms. The van der Waals surface area contributed by atoms with Gasteiger partial charge in [0.2, 0.25) is 0 Å². The predicted octanol–water partition coefficient (Wildman–Crippen LogP) is 1.91. The number of hydrogen-bond donors (Lipinski definition) is 3. The molecule has 5 heteroatoms. The molecule has 2 rings (SSSR count). The Hall–Kier alpha value is -1.75. The average molecular weight is 277 g/mol. The lowest BCUT2D eigenvalue weighted by molar-refractivity contribution is 0.290. The summed E-state index contributed by atoms with van der Waals surface area (Å²) in [4.78, 5) is 2.27. The van der Waals surface area contributed by atoms with E-state index in [1.807, 2.05) is 24.3 Å². The van der Waals surface area contributed by atoms with Crippen LogP contribution in [0.4, 0.5) is 5.69 Å². The molecule has 0 aromatic heterocycles. The summed E-state index contributed by atoms with van der Waals surface area (Å²) in [5.41, 5.74) is 7.35. The van der Waals surface area contributed by atoms with Crippen LogP contribution >= 0.6 is 0 Å². The van der Waals surface area contributed by atoms with Gasteiger partial charge in [-0.25, -0.2) is 0 Å². The molecule has 0 atom stereocenters. The molecule has 1 aromatic rings. The van der Waals surface area contributed by atoms with Crippen LogP contribution in [0.25, 0.3) is 0 Å². The van der Waals surface area contributed by atoms with E-state index in [1.165, 1.54) is 32.1 Å². The van der Waals surface area contributed by atoms with E-state index in [1.54, 1.807) is 0 Å². The molecule has 0 radical (unpaired) electrons. The van der Waals surface area contributed by atoms with Gasteiger partial charge in [0, 0.05) is 23.8 Å². The molecule has 5 nitrogen and oxygen atoms in total. The number of oxime groups is 1. The van der Waals surface area contributed by atoms with Crippen molar-refractivity contribution in [2.75, 3.05) is 18.1 Å². The summed E-state index contributed by atoms with van der Waals surface area (Å²) in [5.74, 6) is 0.114. The van der Waals surface area contributed by atoms with Crippen LogP contribution in [-0.4, -0.2) is 35.3 Å². The third-order valence-electron chi connectivity index (χ3n) is 3.96. The molecule has 0 bridgehead atoms. The van der Waals surface area contributed by atoms with E-state index < -0.39 is 0 Å². The van der Waals surface area contributed by atoms with E-state index in [9.17, 15) is 5.11 Å². The highest BCUT2D eigenvalue weighted by atomic mass is 16.4. The third kappa shape index (κ3) is 3.42. The molecule has 4 N–H and O–H groups in total. The van der Waals surface area contributed by atoms with E-state index in [-0.39, 0.29) is 12.4 Å². The topological polar surface area (TPSA) is 82.1 Å². The molecular weight excluding hydrogens is 254 g/mol. The predicted molar refractivity (Wildman–Crippen MR) is 80.3 cm³/mol. The summed E-state index contributed by atoms with van der Waals surface area (Å²) in [7, 11) is 0. The molecule has 0 unspecified atom stereocenters. The van der Waals surface area contributed by atoms with Crippen molar-refractivity contribution in [1.82, 2.24) is 0 Å². The van der Waals surface area contributed by atoms with Crippen LogP contribution in [0.3, 0.4) is 0 Å². The maximum Gasteiger partial charge on any atom is 0.170 e. The number of nitrogens with two attached hydrogens (primary N) is 1. The maximum absolute atomic E-state index is 9.30. The first-order valence-electron chi connectivity index (χ1n) is 7.21. The molecule has 1 aliphatic carbocycles. The number of amidine groups is 1. The van der Waals surface area contributed by atoms with Crippen LogP contribution < -0.4 is 10.6 Å². The molecule has 20 heavy (non-hydrogen) atoms. The molecular formula is C15H23N3O2. The Morgan fingerprint density at radius 1 is 1.20 bits per heavy atom. The minimum absolute atomic E-state index is 0.114. The molecule has 0 aliphatic heterocycles. The molecule has 1 aliphatic rings. The first-order chi connectivity index (χ1) is 9.76. The molecule has 1 saturated carbocycles. The molecule has 1 aromatic carbocycles. The Balaban J connectivity index is 2.16. The quantitative estimate of drug-likeness (QED) is 0.332. The highest BCUT2D eigenvalue weighted by Crippen LogP contribution is 2.27. The van der Waals surface area contributed by atoms with Crippen molar-refractivity contribution in [3.63, 3.8) is 0 Å². The molecule has 0 heterocycles. The van der Waals surface area contributed by atoms with Gasteiger partial charge >= 0.3 is 0 Å². The van der Waals surface area contributed by atoms with Gasteiger partial charge in [-0.05, 0) is 37.1 Å². The molecule has 0 saturated heterocycles. The zero-order valence-electron chi connectivity index (χ0n) is 11.7. The van der Waals surface area contributed by atoms with Crippen LogP contribution in [0.15, 0.2) is 29.4 Å². The largest absolute Gasteiger partial charge is 0.409 e. The zero-order chi connectivity index (χ0) is 14.4. The number of aliphatic hydroxyl groups excluding tert-OH is 1. The van der Waals surface area contributed by atoms with Crippen molar-refractivity contribution in [3.05, 3.63) is 29.8 Å². The van der Waals surface area contributed by atoms with Crippen molar-refractivity contribution in [3.8, 4) is 0 Å². The second-order valence-corrected chi connectivity index (χ2v) is 5.24. The minimum Gasteiger partial charge on any atom is -0.409 e. The molecule has 110 valence electrons. The fourth-order valence-electron chi connectivity index (χ4n) is 2.90. The van der Waals surface area contributed by atoms with E-state index in [4.69, 9.17) is 10.9 Å². The summed E-state index contributed by atoms with van der Waals surface area (Å²) >= 11 is 0. The number of aliphatic hydroxyl groups is 1. The van der Waals surface area contributed by atoms with Gasteiger partial charge in [-0.15, -0.1) is 0 Å². The summed E-state index contributed by atoms with van der Waals surface area (Å²) in [6.45, 7) is 0.798. The van der Waals surface area contributed by atoms with Gasteiger partial charge in [-0.3, -0.25) is 0 Å². The Labute approximate surface area is 119 Å². The van der Waals surface area contributed by atoms with Gasteiger partial charge in [-0.1, -0.05) is 24.4 Å². The van der Waals surface area contributed by atoms with E-state index >= 15 is 0 Å². The first kappa shape index (κ1) is 14.7. The number of anilines is 1. The van der Waals surface area contributed by atoms with E-state index in [0.717, 1.165) is 5.69 Å². The fourth-order valence-corrected chi connectivity index (χ4v) is 2.90. The van der Waals surface area contributed by atoms with Gasteiger partial charge in [0.15, 0.2) is 5.84 Å². The first-order valence-corrected chi connectivity index (χ1v) is 7.21. The Kier molecular flexibility index (Phi) is 5.24. The minimum atomic E-state index is 0.114. The second-order valence-electron chi connectivity index (χ2n) is 5.24. The lowest BCUT2D eigenvalue weighted by Crippen LogP contribution is -2.38. The summed E-state index contributed by atoms with van der Waals surface area (Å²) < 4.78 is 0. The summed E-state index contributed by atoms with van der Waals surface area (Å²) in [5, 5.41) is 21.0. The van der Waals surface area contributed by atoms with Crippen LogP contribution in [0, 0.1) is 0 Å². The van der Waals surface area contributed by atoms with Crippen LogP contribution in [-0.2, 0) is 0 Å². The van der Waals surface area contributed by atoms with Gasteiger partial charge < -0.3 is 20.9 Å². The van der Waals surface area contributed by atoms with E-state index in [2.05, 4.69) is 10.1 Å². The van der Waals surface area contributed by atoms with Crippen LogP contribution in [0.5, 0.6) is 0 Å². The monoisotopic (exact) mass is 277 g/mol. The number of nitrogens with zero attached hydrogens (tertiary/aromatic N) is 2.